The summed E-state index contributed by atoms with van der Waals surface area (Å²) in [6.45, 7) is 0. The molecule has 6 heteroatoms. The number of rotatable bonds is 5. The number of ether oxygens (including phenoxy) is 2. The molecule has 0 N–H and O–H groups in total. The fourth-order valence-electron chi connectivity index (χ4n) is 2.16. The first-order valence-electron chi connectivity index (χ1n) is 5.71. The molecule has 1 aromatic rings. The van der Waals surface area contributed by atoms with Crippen LogP contribution in [0.3, 0.4) is 0 Å². The highest BCUT2D eigenvalue weighted by atomic mass is 32.2. The van der Waals surface area contributed by atoms with Crippen molar-refractivity contribution in [1.82, 2.24) is 0 Å². The highest BCUT2D eigenvalue weighted by Gasteiger charge is 2.48. The van der Waals surface area contributed by atoms with Crippen LogP contribution in [0.5, 0.6) is 11.5 Å². The molecule has 0 unspecified atom stereocenters. The first-order valence-corrected chi connectivity index (χ1v) is 6.94. The summed E-state index contributed by atoms with van der Waals surface area (Å²) in [4.78, 5) is 14.7. The number of benzene rings is 1. The first-order chi connectivity index (χ1) is 9.13. The van der Waals surface area contributed by atoms with Gasteiger partial charge < -0.3 is 9.47 Å². The molecular formula is C13H14FNO3S. The van der Waals surface area contributed by atoms with Crippen molar-refractivity contribution < 1.29 is 18.7 Å². The van der Waals surface area contributed by atoms with Gasteiger partial charge in [0, 0.05) is 5.56 Å². The van der Waals surface area contributed by atoms with Gasteiger partial charge in [-0.25, -0.2) is 9.18 Å². The van der Waals surface area contributed by atoms with E-state index in [-0.39, 0.29) is 0 Å². The van der Waals surface area contributed by atoms with Gasteiger partial charge in [-0.3, -0.25) is 0 Å². The van der Waals surface area contributed by atoms with E-state index in [2.05, 4.69) is 4.99 Å². The molecule has 102 valence electrons. The van der Waals surface area contributed by atoms with Crippen molar-refractivity contribution in [3.8, 4) is 11.5 Å². The molecule has 0 aliphatic heterocycles. The summed E-state index contributed by atoms with van der Waals surface area (Å²) in [5, 5.41) is 0. The minimum absolute atomic E-state index is 0.345. The van der Waals surface area contributed by atoms with Gasteiger partial charge in [0.2, 0.25) is 6.08 Å². The Bertz CT molecular complexity index is 551. The van der Waals surface area contributed by atoms with Crippen LogP contribution in [0.4, 0.5) is 4.39 Å². The maximum atomic E-state index is 14.1. The molecule has 19 heavy (non-hydrogen) atoms. The number of thioether (sulfide) groups is 1. The fourth-order valence-corrected chi connectivity index (χ4v) is 2.78. The molecule has 0 radical (unpaired) electrons. The van der Waals surface area contributed by atoms with Crippen molar-refractivity contribution in [2.45, 2.75) is 23.3 Å². The number of hydrogen-bond acceptors (Lipinski definition) is 5. The molecule has 2 rings (SSSR count). The summed E-state index contributed by atoms with van der Waals surface area (Å²) in [7, 11) is 2.95. The Morgan fingerprint density at radius 1 is 1.37 bits per heavy atom. The van der Waals surface area contributed by atoms with Gasteiger partial charge in [-0.2, -0.15) is 4.99 Å². The van der Waals surface area contributed by atoms with E-state index in [0.717, 1.165) is 0 Å². The average molecular weight is 283 g/mol. The summed E-state index contributed by atoms with van der Waals surface area (Å²) in [5.74, 6) is 0.384. The van der Waals surface area contributed by atoms with Gasteiger partial charge in [-0.15, -0.1) is 11.8 Å². The quantitative estimate of drug-likeness (QED) is 0.473. The summed E-state index contributed by atoms with van der Waals surface area (Å²) in [6, 6.07) is 1.38. The van der Waals surface area contributed by atoms with E-state index < -0.39 is 11.4 Å². The Morgan fingerprint density at radius 2 is 2.00 bits per heavy atom. The van der Waals surface area contributed by atoms with Crippen molar-refractivity contribution in [3.05, 3.63) is 17.4 Å². The van der Waals surface area contributed by atoms with Crippen LogP contribution in [-0.4, -0.2) is 26.6 Å². The lowest BCUT2D eigenvalue weighted by molar-refractivity contribution is 0.336. The zero-order valence-electron chi connectivity index (χ0n) is 10.9. The molecule has 0 aromatic heterocycles. The van der Waals surface area contributed by atoms with E-state index in [1.165, 1.54) is 32.0 Å². The number of aliphatic imine (C=N–C) groups is 1. The molecule has 1 aromatic carbocycles. The standard InChI is InChI=1S/C13H14FNO3S/c1-17-10-8(13(4-5-13)15-7-16)6-9(14)12(19-3)11(10)18-2/h6H,4-5H2,1-3H3. The third kappa shape index (κ3) is 2.22. The highest BCUT2D eigenvalue weighted by molar-refractivity contribution is 7.98. The molecule has 0 heterocycles. The molecule has 1 aliphatic carbocycles. The van der Waals surface area contributed by atoms with E-state index in [9.17, 15) is 9.18 Å². The van der Waals surface area contributed by atoms with E-state index in [1.807, 2.05) is 0 Å². The Kier molecular flexibility index (Phi) is 3.83. The largest absolute Gasteiger partial charge is 0.492 e. The maximum absolute atomic E-state index is 14.1. The van der Waals surface area contributed by atoms with Crippen molar-refractivity contribution in [2.75, 3.05) is 20.5 Å². The van der Waals surface area contributed by atoms with Crippen LogP contribution in [-0.2, 0) is 10.3 Å². The Labute approximate surface area is 115 Å². The first kappa shape index (κ1) is 13.9. The Balaban J connectivity index is 2.68. The molecule has 0 atom stereocenters. The minimum Gasteiger partial charge on any atom is -0.492 e. The minimum atomic E-state index is -0.696. The van der Waals surface area contributed by atoms with Gasteiger partial charge in [0.1, 0.15) is 11.4 Å². The Hall–Kier alpha value is -1.52. The SMILES string of the molecule is COc1c(C2(N=C=O)CC2)cc(F)c(SC)c1OC. The van der Waals surface area contributed by atoms with Crippen molar-refractivity contribution >= 4 is 17.8 Å². The van der Waals surface area contributed by atoms with Crippen LogP contribution in [0, 0.1) is 5.82 Å². The second-order valence-electron chi connectivity index (χ2n) is 4.24. The van der Waals surface area contributed by atoms with Crippen LogP contribution < -0.4 is 9.47 Å². The van der Waals surface area contributed by atoms with Gasteiger partial charge in [-0.1, -0.05) is 0 Å². The predicted octanol–water partition coefficient (Wildman–Crippen LogP) is 2.89. The molecular weight excluding hydrogens is 269 g/mol. The molecule has 1 fully saturated rings. The van der Waals surface area contributed by atoms with Crippen LogP contribution in [0.1, 0.15) is 18.4 Å². The van der Waals surface area contributed by atoms with E-state index in [4.69, 9.17) is 9.47 Å². The average Bonchev–Trinajstić information content (AvgIpc) is 3.18. The second-order valence-corrected chi connectivity index (χ2v) is 5.06. The predicted molar refractivity (Wildman–Crippen MR) is 70.3 cm³/mol. The van der Waals surface area contributed by atoms with Crippen LogP contribution in [0.15, 0.2) is 16.0 Å². The van der Waals surface area contributed by atoms with Gasteiger partial charge in [0.05, 0.1) is 19.1 Å². The van der Waals surface area contributed by atoms with Gasteiger partial charge in [-0.05, 0) is 25.2 Å². The highest BCUT2D eigenvalue weighted by Crippen LogP contribution is 2.55. The van der Waals surface area contributed by atoms with E-state index >= 15 is 0 Å². The summed E-state index contributed by atoms with van der Waals surface area (Å²) in [5.41, 5.74) is -0.150. The molecule has 1 aliphatic rings. The lowest BCUT2D eigenvalue weighted by Crippen LogP contribution is -2.08. The van der Waals surface area contributed by atoms with Crippen molar-refractivity contribution in [1.29, 1.82) is 0 Å². The zero-order valence-corrected chi connectivity index (χ0v) is 11.8. The molecule has 0 bridgehead atoms. The topological polar surface area (TPSA) is 47.9 Å². The van der Waals surface area contributed by atoms with Crippen molar-refractivity contribution in [2.24, 2.45) is 4.99 Å². The number of carbonyl (C=O) groups excluding carboxylic acids is 1. The van der Waals surface area contributed by atoms with Crippen LogP contribution in [0.2, 0.25) is 0 Å². The molecule has 1 saturated carbocycles. The van der Waals surface area contributed by atoms with Gasteiger partial charge in [0.25, 0.3) is 0 Å². The lowest BCUT2D eigenvalue weighted by atomic mass is 10.0. The van der Waals surface area contributed by atoms with Crippen molar-refractivity contribution in [3.63, 3.8) is 0 Å². The molecule has 4 nitrogen and oxygen atoms in total. The third-order valence-electron chi connectivity index (χ3n) is 3.24. The van der Waals surface area contributed by atoms with E-state index in [1.54, 1.807) is 12.3 Å². The fraction of sp³-hybridized carbons (Fsp3) is 0.462. The monoisotopic (exact) mass is 283 g/mol. The lowest BCUT2D eigenvalue weighted by Gasteiger charge is -2.19. The summed E-state index contributed by atoms with van der Waals surface area (Å²) >= 11 is 1.24. The smallest absolute Gasteiger partial charge is 0.235 e. The molecule has 0 spiro atoms. The van der Waals surface area contributed by atoms with Gasteiger partial charge in [0.15, 0.2) is 11.5 Å². The molecule has 0 amide bonds. The maximum Gasteiger partial charge on any atom is 0.235 e. The van der Waals surface area contributed by atoms with E-state index in [0.29, 0.717) is 34.8 Å². The van der Waals surface area contributed by atoms with Gasteiger partial charge >= 0.3 is 0 Å². The summed E-state index contributed by atoms with van der Waals surface area (Å²) < 4.78 is 24.7. The Morgan fingerprint density at radius 3 is 2.42 bits per heavy atom. The zero-order chi connectivity index (χ0) is 14.0. The number of hydrogen-bond donors (Lipinski definition) is 0. The summed E-state index contributed by atoms with van der Waals surface area (Å²) in [6.07, 6.45) is 4.68. The number of nitrogens with zero attached hydrogens (tertiary/aromatic N) is 1. The normalized spacial score (nSPS) is 15.6. The third-order valence-corrected chi connectivity index (χ3v) is 4.03. The number of halogens is 1. The number of isocyanates is 1. The van der Waals surface area contributed by atoms with Crippen LogP contribution >= 0.6 is 11.8 Å². The second kappa shape index (κ2) is 5.23. The number of methoxy groups -OCH3 is 2. The van der Waals surface area contributed by atoms with Crippen LogP contribution in [0.25, 0.3) is 0 Å². The molecule has 0 saturated heterocycles.